The zero-order valence-corrected chi connectivity index (χ0v) is 13.1. The topological polar surface area (TPSA) is 38.6 Å². The first-order valence-corrected chi connectivity index (χ1v) is 7.99. The van der Waals surface area contributed by atoms with Gasteiger partial charge in [0.2, 0.25) is 0 Å². The van der Waals surface area contributed by atoms with Crippen molar-refractivity contribution in [1.82, 2.24) is 14.7 Å². The van der Waals surface area contributed by atoms with Crippen molar-refractivity contribution < 1.29 is 4.74 Å². The lowest BCUT2D eigenvalue weighted by atomic mass is 10.1. The molecule has 1 aromatic carbocycles. The van der Waals surface area contributed by atoms with Gasteiger partial charge in [-0.2, -0.15) is 0 Å². The van der Waals surface area contributed by atoms with E-state index in [1.165, 1.54) is 5.56 Å². The third kappa shape index (κ3) is 3.09. The summed E-state index contributed by atoms with van der Waals surface area (Å²) in [6.45, 7) is 2.67. The second-order valence-electron chi connectivity index (χ2n) is 4.93. The first-order valence-electron chi connectivity index (χ1n) is 7.11. The molecule has 1 N–H and O–H groups in total. The van der Waals surface area contributed by atoms with Gasteiger partial charge in [0.05, 0.1) is 5.69 Å². The molecular formula is C16H19N3OS. The van der Waals surface area contributed by atoms with Gasteiger partial charge in [0.25, 0.3) is 0 Å². The van der Waals surface area contributed by atoms with Gasteiger partial charge in [0, 0.05) is 23.8 Å². The van der Waals surface area contributed by atoms with Crippen molar-refractivity contribution in [2.24, 2.45) is 0 Å². The minimum absolute atomic E-state index is 0.402. The fourth-order valence-corrected chi connectivity index (χ4v) is 3.12. The van der Waals surface area contributed by atoms with Gasteiger partial charge in [0.1, 0.15) is 12.4 Å². The monoisotopic (exact) mass is 301 g/mol. The second-order valence-corrected chi connectivity index (χ2v) is 5.81. The average Bonchev–Trinajstić information content (AvgIpc) is 3.09. The van der Waals surface area contributed by atoms with Crippen molar-refractivity contribution in [2.75, 3.05) is 7.05 Å². The Balaban J connectivity index is 1.63. The molecule has 0 aliphatic carbocycles. The molecule has 4 nitrogen and oxygen atoms in total. The fourth-order valence-electron chi connectivity index (χ4n) is 2.41. The third-order valence-corrected chi connectivity index (χ3v) is 4.34. The summed E-state index contributed by atoms with van der Waals surface area (Å²) >= 11 is 1.63. The molecular weight excluding hydrogens is 282 g/mol. The molecule has 0 aliphatic heterocycles. The lowest BCUT2D eigenvalue weighted by Crippen LogP contribution is -2.14. The molecule has 0 spiro atoms. The number of benzene rings is 1. The molecule has 0 saturated carbocycles. The van der Waals surface area contributed by atoms with E-state index in [0.29, 0.717) is 12.6 Å². The Morgan fingerprint density at radius 3 is 2.81 bits per heavy atom. The van der Waals surface area contributed by atoms with Crippen molar-refractivity contribution in [3.63, 3.8) is 0 Å². The number of nitrogens with one attached hydrogen (secondary N) is 1. The van der Waals surface area contributed by atoms with Gasteiger partial charge < -0.3 is 10.1 Å². The van der Waals surface area contributed by atoms with E-state index in [1.54, 1.807) is 11.3 Å². The molecule has 3 rings (SSSR count). The summed E-state index contributed by atoms with van der Waals surface area (Å²) in [4.78, 5) is 5.51. The standard InChI is InChI=1S/C16H19N3OS/c1-3-15(17-2)12-4-6-14(7-5-12)20-11-13-10-19-8-9-21-16(19)18-13/h4-10,15,17H,3,11H2,1-2H3. The highest BCUT2D eigenvalue weighted by Gasteiger charge is 2.07. The Morgan fingerprint density at radius 2 is 2.14 bits per heavy atom. The predicted molar refractivity (Wildman–Crippen MR) is 85.9 cm³/mol. The van der Waals surface area contributed by atoms with Gasteiger partial charge in [-0.05, 0) is 31.2 Å². The molecule has 0 radical (unpaired) electrons. The van der Waals surface area contributed by atoms with Crippen LogP contribution in [0.3, 0.4) is 0 Å². The number of hydrogen-bond acceptors (Lipinski definition) is 4. The Labute approximate surface area is 128 Å². The van der Waals surface area contributed by atoms with Gasteiger partial charge in [-0.3, -0.25) is 4.40 Å². The number of fused-ring (bicyclic) bond motifs is 1. The SMILES string of the molecule is CCC(NC)c1ccc(OCc2cn3ccsc3n2)cc1. The molecule has 0 amide bonds. The summed E-state index contributed by atoms with van der Waals surface area (Å²) in [6.07, 6.45) is 5.09. The molecule has 110 valence electrons. The van der Waals surface area contributed by atoms with E-state index in [9.17, 15) is 0 Å². The van der Waals surface area contributed by atoms with Crippen LogP contribution in [-0.4, -0.2) is 16.4 Å². The van der Waals surface area contributed by atoms with Crippen LogP contribution in [0.5, 0.6) is 5.75 Å². The maximum Gasteiger partial charge on any atom is 0.193 e. The molecule has 3 aromatic rings. The van der Waals surface area contributed by atoms with Gasteiger partial charge in [-0.25, -0.2) is 4.98 Å². The normalized spacial score (nSPS) is 12.7. The highest BCUT2D eigenvalue weighted by atomic mass is 32.1. The van der Waals surface area contributed by atoms with Gasteiger partial charge in [-0.15, -0.1) is 11.3 Å². The summed E-state index contributed by atoms with van der Waals surface area (Å²) < 4.78 is 7.82. The van der Waals surface area contributed by atoms with E-state index in [4.69, 9.17) is 4.74 Å². The Morgan fingerprint density at radius 1 is 1.33 bits per heavy atom. The van der Waals surface area contributed by atoms with Crippen LogP contribution in [0.4, 0.5) is 0 Å². The lowest BCUT2D eigenvalue weighted by molar-refractivity contribution is 0.302. The van der Waals surface area contributed by atoms with Crippen molar-refractivity contribution >= 4 is 16.3 Å². The Bertz CT molecular complexity index is 669. The van der Waals surface area contributed by atoms with Crippen molar-refractivity contribution in [2.45, 2.75) is 26.0 Å². The van der Waals surface area contributed by atoms with E-state index in [-0.39, 0.29) is 0 Å². The number of rotatable bonds is 6. The molecule has 1 atom stereocenters. The maximum atomic E-state index is 5.80. The molecule has 21 heavy (non-hydrogen) atoms. The van der Waals surface area contributed by atoms with Crippen LogP contribution in [-0.2, 0) is 6.61 Å². The fraction of sp³-hybridized carbons (Fsp3) is 0.312. The van der Waals surface area contributed by atoms with E-state index in [1.807, 2.05) is 41.4 Å². The highest BCUT2D eigenvalue weighted by molar-refractivity contribution is 7.15. The van der Waals surface area contributed by atoms with Crippen molar-refractivity contribution in [3.05, 3.63) is 53.3 Å². The first-order chi connectivity index (χ1) is 10.3. The summed E-state index contributed by atoms with van der Waals surface area (Å²) in [6, 6.07) is 8.68. The second kappa shape index (κ2) is 6.28. The van der Waals surface area contributed by atoms with Crippen LogP contribution in [0.1, 0.15) is 30.6 Å². The van der Waals surface area contributed by atoms with E-state index in [2.05, 4.69) is 29.4 Å². The Kier molecular flexibility index (Phi) is 4.22. The molecule has 0 saturated heterocycles. The van der Waals surface area contributed by atoms with E-state index in [0.717, 1.165) is 22.8 Å². The zero-order chi connectivity index (χ0) is 14.7. The summed E-state index contributed by atoms with van der Waals surface area (Å²) in [5.41, 5.74) is 2.24. The van der Waals surface area contributed by atoms with Crippen molar-refractivity contribution in [3.8, 4) is 5.75 Å². The van der Waals surface area contributed by atoms with Gasteiger partial charge in [0.15, 0.2) is 4.96 Å². The predicted octanol–water partition coefficient (Wildman–Crippen LogP) is 3.65. The van der Waals surface area contributed by atoms with Crippen LogP contribution < -0.4 is 10.1 Å². The number of ether oxygens (including phenoxy) is 1. The minimum Gasteiger partial charge on any atom is -0.487 e. The highest BCUT2D eigenvalue weighted by Crippen LogP contribution is 2.20. The third-order valence-electron chi connectivity index (χ3n) is 3.57. The molecule has 2 heterocycles. The molecule has 5 heteroatoms. The summed E-state index contributed by atoms with van der Waals surface area (Å²) in [7, 11) is 1.99. The van der Waals surface area contributed by atoms with Gasteiger partial charge in [-0.1, -0.05) is 19.1 Å². The van der Waals surface area contributed by atoms with Crippen LogP contribution >= 0.6 is 11.3 Å². The number of hydrogen-bond donors (Lipinski definition) is 1. The van der Waals surface area contributed by atoms with Gasteiger partial charge >= 0.3 is 0 Å². The minimum atomic E-state index is 0.402. The zero-order valence-electron chi connectivity index (χ0n) is 12.2. The van der Waals surface area contributed by atoms with Crippen molar-refractivity contribution in [1.29, 1.82) is 0 Å². The lowest BCUT2D eigenvalue weighted by Gasteiger charge is -2.14. The van der Waals surface area contributed by atoms with E-state index >= 15 is 0 Å². The maximum absolute atomic E-state index is 5.80. The number of thiazole rings is 1. The smallest absolute Gasteiger partial charge is 0.193 e. The van der Waals surface area contributed by atoms with Crippen LogP contribution in [0.15, 0.2) is 42.0 Å². The van der Waals surface area contributed by atoms with E-state index < -0.39 is 0 Å². The van der Waals surface area contributed by atoms with Crippen LogP contribution in [0.2, 0.25) is 0 Å². The van der Waals surface area contributed by atoms with Crippen LogP contribution in [0.25, 0.3) is 4.96 Å². The molecule has 0 bridgehead atoms. The number of imidazole rings is 1. The first kappa shape index (κ1) is 14.1. The molecule has 0 aliphatic rings. The molecule has 2 aromatic heterocycles. The van der Waals surface area contributed by atoms with Crippen LogP contribution in [0, 0.1) is 0 Å². The number of nitrogens with zero attached hydrogens (tertiary/aromatic N) is 2. The molecule has 1 unspecified atom stereocenters. The Hall–Kier alpha value is -1.85. The summed E-state index contributed by atoms with van der Waals surface area (Å²) in [5.74, 6) is 0.876. The summed E-state index contributed by atoms with van der Waals surface area (Å²) in [5, 5.41) is 5.33. The average molecular weight is 301 g/mol. The number of aromatic nitrogens is 2. The quantitative estimate of drug-likeness (QED) is 0.755. The molecule has 0 fully saturated rings. The largest absolute Gasteiger partial charge is 0.487 e.